The topological polar surface area (TPSA) is 48.9 Å². The van der Waals surface area contributed by atoms with E-state index >= 15 is 0 Å². The molecule has 2 aromatic heterocycles. The smallest absolute Gasteiger partial charge is 0.330 e. The second-order valence-electron chi connectivity index (χ2n) is 7.16. The lowest BCUT2D eigenvalue weighted by Gasteiger charge is -2.16. The molecule has 0 unspecified atom stereocenters. The van der Waals surface area contributed by atoms with Gasteiger partial charge in [-0.2, -0.15) is 0 Å². The van der Waals surface area contributed by atoms with Crippen LogP contribution in [0.1, 0.15) is 37.3 Å². The molecule has 1 aromatic carbocycles. The van der Waals surface area contributed by atoms with Gasteiger partial charge in [0.05, 0.1) is 16.6 Å². The molecule has 0 saturated heterocycles. The van der Waals surface area contributed by atoms with Crippen molar-refractivity contribution in [3.8, 4) is 11.3 Å². The Hall–Kier alpha value is -2.56. The Kier molecular flexibility index (Phi) is 3.67. The first kappa shape index (κ1) is 15.9. The molecule has 1 fully saturated rings. The molecule has 0 spiro atoms. The van der Waals surface area contributed by atoms with Crippen molar-refractivity contribution in [2.24, 2.45) is 14.1 Å². The van der Waals surface area contributed by atoms with Gasteiger partial charge < -0.3 is 4.57 Å². The van der Waals surface area contributed by atoms with E-state index in [1.54, 1.807) is 18.7 Å². The monoisotopic (exact) mass is 337 g/mol. The third kappa shape index (κ3) is 2.37. The van der Waals surface area contributed by atoms with Gasteiger partial charge in [-0.1, -0.05) is 42.7 Å². The van der Waals surface area contributed by atoms with Crippen molar-refractivity contribution < 1.29 is 0 Å². The molecule has 0 atom stereocenters. The second-order valence-corrected chi connectivity index (χ2v) is 7.16. The van der Waals surface area contributed by atoms with Crippen LogP contribution in [0.2, 0.25) is 0 Å². The van der Waals surface area contributed by atoms with E-state index in [0.717, 1.165) is 29.6 Å². The molecule has 1 aliphatic carbocycles. The average molecular weight is 337 g/mol. The van der Waals surface area contributed by atoms with Crippen LogP contribution in [0.15, 0.2) is 40.1 Å². The normalized spacial score (nSPS) is 15.3. The summed E-state index contributed by atoms with van der Waals surface area (Å²) in [4.78, 5) is 25.3. The lowest BCUT2D eigenvalue weighted by molar-refractivity contribution is 0.527. The maximum Gasteiger partial charge on any atom is 0.330 e. The van der Waals surface area contributed by atoms with Gasteiger partial charge >= 0.3 is 5.69 Å². The summed E-state index contributed by atoms with van der Waals surface area (Å²) in [7, 11) is 3.29. The van der Waals surface area contributed by atoms with Crippen LogP contribution in [0, 0.1) is 6.92 Å². The first-order valence-corrected chi connectivity index (χ1v) is 8.86. The Morgan fingerprint density at radius 1 is 0.960 bits per heavy atom. The zero-order valence-electron chi connectivity index (χ0n) is 15.0. The first-order chi connectivity index (χ1) is 12.0. The summed E-state index contributed by atoms with van der Waals surface area (Å²) in [5.74, 6) is 0. The van der Waals surface area contributed by atoms with Crippen LogP contribution >= 0.6 is 0 Å². The molecule has 0 amide bonds. The Labute approximate surface area is 146 Å². The highest BCUT2D eigenvalue weighted by Gasteiger charge is 2.25. The molecule has 3 aromatic rings. The fourth-order valence-electron chi connectivity index (χ4n) is 4.03. The Morgan fingerprint density at radius 3 is 2.24 bits per heavy atom. The van der Waals surface area contributed by atoms with Gasteiger partial charge in [-0.05, 0) is 25.3 Å². The van der Waals surface area contributed by atoms with E-state index in [0.29, 0.717) is 11.4 Å². The van der Waals surface area contributed by atoms with Crippen molar-refractivity contribution >= 4 is 10.9 Å². The van der Waals surface area contributed by atoms with Crippen molar-refractivity contribution in [2.75, 3.05) is 0 Å². The van der Waals surface area contributed by atoms with Crippen LogP contribution in [0.4, 0.5) is 0 Å². The van der Waals surface area contributed by atoms with Gasteiger partial charge in [0.15, 0.2) is 0 Å². The van der Waals surface area contributed by atoms with Crippen molar-refractivity contribution in [3.05, 3.63) is 56.9 Å². The van der Waals surface area contributed by atoms with Gasteiger partial charge in [-0.3, -0.25) is 13.9 Å². The molecule has 0 radical (unpaired) electrons. The molecular formula is C20H23N3O2. The molecule has 5 heteroatoms. The molecule has 0 aliphatic heterocycles. The van der Waals surface area contributed by atoms with E-state index in [4.69, 9.17) is 0 Å². The summed E-state index contributed by atoms with van der Waals surface area (Å²) in [6.07, 6.45) is 6.67. The van der Waals surface area contributed by atoms with Crippen molar-refractivity contribution in [3.63, 3.8) is 0 Å². The summed E-state index contributed by atoms with van der Waals surface area (Å²) in [6.45, 7) is 2.06. The Morgan fingerprint density at radius 2 is 1.60 bits per heavy atom. The van der Waals surface area contributed by atoms with Crippen molar-refractivity contribution in [1.82, 2.24) is 13.7 Å². The van der Waals surface area contributed by atoms with Gasteiger partial charge in [0, 0.05) is 26.3 Å². The number of hydrogen-bond acceptors (Lipinski definition) is 2. The third-order valence-electron chi connectivity index (χ3n) is 5.51. The SMILES string of the molecule is Cc1ccc(-c2c3c(=O)n(C)c(=O)n(C)c3cn2C2CCCC2)cc1. The predicted molar refractivity (Wildman–Crippen MR) is 100 cm³/mol. The lowest BCUT2D eigenvalue weighted by atomic mass is 10.1. The van der Waals surface area contributed by atoms with E-state index in [9.17, 15) is 9.59 Å². The zero-order valence-corrected chi connectivity index (χ0v) is 15.0. The molecule has 25 heavy (non-hydrogen) atoms. The number of aryl methyl sites for hydroxylation is 2. The first-order valence-electron chi connectivity index (χ1n) is 8.86. The third-order valence-corrected chi connectivity index (χ3v) is 5.51. The fourth-order valence-corrected chi connectivity index (χ4v) is 4.03. The van der Waals surface area contributed by atoms with Crippen LogP contribution in [-0.2, 0) is 14.1 Å². The van der Waals surface area contributed by atoms with Gasteiger partial charge in [0.1, 0.15) is 0 Å². The minimum absolute atomic E-state index is 0.217. The predicted octanol–water partition coefficient (Wildman–Crippen LogP) is 3.13. The highest BCUT2D eigenvalue weighted by molar-refractivity contribution is 5.93. The van der Waals surface area contributed by atoms with Crippen LogP contribution in [-0.4, -0.2) is 13.7 Å². The lowest BCUT2D eigenvalue weighted by Crippen LogP contribution is -2.36. The van der Waals surface area contributed by atoms with E-state index in [1.165, 1.54) is 23.0 Å². The van der Waals surface area contributed by atoms with Gasteiger partial charge in [-0.25, -0.2) is 4.79 Å². The minimum atomic E-state index is -0.281. The molecule has 130 valence electrons. The maximum atomic E-state index is 12.9. The highest BCUT2D eigenvalue weighted by Crippen LogP contribution is 2.37. The van der Waals surface area contributed by atoms with E-state index < -0.39 is 0 Å². The molecule has 2 heterocycles. The summed E-state index contributed by atoms with van der Waals surface area (Å²) in [5, 5.41) is 0.639. The Balaban J connectivity index is 2.13. The van der Waals surface area contributed by atoms with E-state index in [1.807, 2.05) is 6.20 Å². The maximum absolute atomic E-state index is 12.9. The summed E-state index contributed by atoms with van der Waals surface area (Å²) in [5.41, 5.74) is 3.38. The number of rotatable bonds is 2. The zero-order chi connectivity index (χ0) is 17.7. The number of aromatic nitrogens is 3. The van der Waals surface area contributed by atoms with Crippen LogP contribution in [0.5, 0.6) is 0 Å². The standard InChI is InChI=1S/C20H23N3O2/c1-13-8-10-14(11-9-13)18-17-16(12-23(18)15-6-4-5-7-15)21(2)20(25)22(3)19(17)24/h8-12,15H,4-7H2,1-3H3. The largest absolute Gasteiger partial charge is 0.342 e. The highest BCUT2D eigenvalue weighted by atomic mass is 16.2. The minimum Gasteiger partial charge on any atom is -0.342 e. The van der Waals surface area contributed by atoms with E-state index in [-0.39, 0.29) is 11.2 Å². The summed E-state index contributed by atoms with van der Waals surface area (Å²) in [6, 6.07) is 8.67. The number of benzene rings is 1. The second kappa shape index (κ2) is 5.76. The fraction of sp³-hybridized carbons (Fsp3) is 0.400. The number of nitrogens with zero attached hydrogens (tertiary/aromatic N) is 3. The van der Waals surface area contributed by atoms with Crippen molar-refractivity contribution in [2.45, 2.75) is 38.6 Å². The molecule has 0 bridgehead atoms. The number of fused-ring (bicyclic) bond motifs is 1. The van der Waals surface area contributed by atoms with Crippen LogP contribution in [0.3, 0.4) is 0 Å². The summed E-state index contributed by atoms with van der Waals surface area (Å²) >= 11 is 0. The molecule has 1 saturated carbocycles. The molecular weight excluding hydrogens is 314 g/mol. The van der Waals surface area contributed by atoms with Crippen LogP contribution in [0.25, 0.3) is 22.2 Å². The molecule has 4 rings (SSSR count). The quantitative estimate of drug-likeness (QED) is 0.721. The molecule has 5 nitrogen and oxygen atoms in total. The number of hydrogen-bond donors (Lipinski definition) is 0. The Bertz CT molecular complexity index is 1060. The van der Waals surface area contributed by atoms with Gasteiger partial charge in [0.25, 0.3) is 5.56 Å². The molecule has 0 N–H and O–H groups in total. The summed E-state index contributed by atoms with van der Waals surface area (Å²) < 4.78 is 5.03. The van der Waals surface area contributed by atoms with Crippen LogP contribution < -0.4 is 11.2 Å². The van der Waals surface area contributed by atoms with Gasteiger partial charge in [0.2, 0.25) is 0 Å². The van der Waals surface area contributed by atoms with Gasteiger partial charge in [-0.15, -0.1) is 0 Å². The van der Waals surface area contributed by atoms with E-state index in [2.05, 4.69) is 35.8 Å². The average Bonchev–Trinajstić information content (AvgIpc) is 3.26. The van der Waals surface area contributed by atoms with Crippen molar-refractivity contribution in [1.29, 1.82) is 0 Å². The molecule has 1 aliphatic rings.